The van der Waals surface area contributed by atoms with Crippen molar-refractivity contribution >= 4 is 75.7 Å². The van der Waals surface area contributed by atoms with Gasteiger partial charge in [-0.05, 0) is 119 Å². The van der Waals surface area contributed by atoms with Crippen molar-refractivity contribution in [3.05, 3.63) is 194 Å². The Hall–Kier alpha value is -7.29. The number of para-hydroxylation sites is 2. The van der Waals surface area contributed by atoms with Gasteiger partial charge in [-0.15, -0.1) is 0 Å². The van der Waals surface area contributed by atoms with Gasteiger partial charge in [-0.3, -0.25) is 4.98 Å². The van der Waals surface area contributed by atoms with Crippen LogP contribution in [0, 0.1) is 0 Å². The summed E-state index contributed by atoms with van der Waals surface area (Å²) in [4.78, 5) is 4.74. The van der Waals surface area contributed by atoms with E-state index in [-0.39, 0.29) is 0 Å². The zero-order valence-electron chi connectivity index (χ0n) is 29.9. The molecule has 10 aromatic carbocycles. The van der Waals surface area contributed by atoms with E-state index in [1.807, 2.05) is 12.3 Å². The molecule has 0 radical (unpaired) electrons. The molecule has 0 spiro atoms. The Morgan fingerprint density at radius 3 is 1.56 bits per heavy atom. The minimum Gasteiger partial charge on any atom is -0.309 e. The molecule has 2 heterocycles. The Labute approximate surface area is 317 Å². The fourth-order valence-electron chi connectivity index (χ4n) is 9.48. The van der Waals surface area contributed by atoms with Gasteiger partial charge in [0.15, 0.2) is 0 Å². The number of rotatable bonds is 4. The molecule has 12 rings (SSSR count). The van der Waals surface area contributed by atoms with Crippen molar-refractivity contribution < 1.29 is 0 Å². The van der Waals surface area contributed by atoms with Gasteiger partial charge in [0.05, 0.1) is 16.7 Å². The Morgan fingerprint density at radius 2 is 0.891 bits per heavy atom. The number of benzene rings is 10. The predicted molar refractivity (Wildman–Crippen MR) is 234 cm³/mol. The van der Waals surface area contributed by atoms with E-state index in [0.717, 1.165) is 11.3 Å². The van der Waals surface area contributed by atoms with Crippen LogP contribution < -0.4 is 0 Å². The van der Waals surface area contributed by atoms with Crippen LogP contribution in [0.3, 0.4) is 0 Å². The number of hydrogen-bond donors (Lipinski definition) is 0. The molecular formula is C53H32N2. The highest BCUT2D eigenvalue weighted by Crippen LogP contribution is 2.48. The molecule has 55 heavy (non-hydrogen) atoms. The summed E-state index contributed by atoms with van der Waals surface area (Å²) in [5.41, 5.74) is 10.8. The summed E-state index contributed by atoms with van der Waals surface area (Å²) in [5.74, 6) is 0. The van der Waals surface area contributed by atoms with Gasteiger partial charge in [0.2, 0.25) is 0 Å². The van der Waals surface area contributed by atoms with Crippen molar-refractivity contribution in [2.75, 3.05) is 0 Å². The molecule has 0 amide bonds. The van der Waals surface area contributed by atoms with Crippen LogP contribution in [-0.2, 0) is 0 Å². The third kappa shape index (κ3) is 4.34. The minimum absolute atomic E-state index is 0.996. The Bertz CT molecular complexity index is 3410. The maximum absolute atomic E-state index is 4.74. The summed E-state index contributed by atoms with van der Waals surface area (Å²) in [6.07, 6.45) is 1.88. The zero-order chi connectivity index (χ0) is 36.0. The number of hydrogen-bond acceptors (Lipinski definition) is 1. The molecule has 0 saturated carbocycles. The van der Waals surface area contributed by atoms with Crippen molar-refractivity contribution in [2.45, 2.75) is 0 Å². The molecule has 0 aliphatic heterocycles. The normalized spacial score (nSPS) is 12.0. The fourth-order valence-corrected chi connectivity index (χ4v) is 9.48. The van der Waals surface area contributed by atoms with Gasteiger partial charge in [0.25, 0.3) is 0 Å². The molecule has 254 valence electrons. The molecule has 0 saturated heterocycles. The molecule has 2 heteroatoms. The van der Waals surface area contributed by atoms with Crippen LogP contribution in [0.25, 0.3) is 115 Å². The van der Waals surface area contributed by atoms with Gasteiger partial charge in [-0.1, -0.05) is 146 Å². The lowest BCUT2D eigenvalue weighted by molar-refractivity contribution is 1.18. The second-order valence-corrected chi connectivity index (χ2v) is 14.6. The Balaban J connectivity index is 1.14. The monoisotopic (exact) mass is 696 g/mol. The van der Waals surface area contributed by atoms with Gasteiger partial charge in [0, 0.05) is 28.2 Å². The van der Waals surface area contributed by atoms with Crippen LogP contribution >= 0.6 is 0 Å². The Morgan fingerprint density at radius 1 is 0.345 bits per heavy atom. The van der Waals surface area contributed by atoms with E-state index in [1.165, 1.54) is 104 Å². The standard InChI is InChI=1S/C53H32N2/c1-2-12-36(13-3-1)55-48-20-9-8-14-38(48)46-32-35(25-30-49(46)55)50-39-15-4-6-17-41(39)53(42-18-7-5-16-40(42)50)45-29-24-34-22-27-43-37(47-19-10-11-31-54-47)26-21-33-23-28-44(45)52(34)51(33)43/h1-32H. The second kappa shape index (κ2) is 11.6. The van der Waals surface area contributed by atoms with E-state index in [1.54, 1.807) is 0 Å². The van der Waals surface area contributed by atoms with Crippen LogP contribution in [-0.4, -0.2) is 9.55 Å². The first-order valence-electron chi connectivity index (χ1n) is 19.0. The zero-order valence-corrected chi connectivity index (χ0v) is 29.9. The first-order valence-corrected chi connectivity index (χ1v) is 19.0. The van der Waals surface area contributed by atoms with E-state index < -0.39 is 0 Å². The van der Waals surface area contributed by atoms with Gasteiger partial charge in [0.1, 0.15) is 0 Å². The quantitative estimate of drug-likeness (QED) is 0.132. The minimum atomic E-state index is 0.996. The fraction of sp³-hybridized carbons (Fsp3) is 0. The van der Waals surface area contributed by atoms with Crippen LogP contribution in [0.1, 0.15) is 0 Å². The molecule has 0 atom stereocenters. The highest BCUT2D eigenvalue weighted by atomic mass is 15.0. The third-order valence-electron chi connectivity index (χ3n) is 11.8. The summed E-state index contributed by atoms with van der Waals surface area (Å²) in [7, 11) is 0. The van der Waals surface area contributed by atoms with E-state index in [0.29, 0.717) is 0 Å². The van der Waals surface area contributed by atoms with Crippen LogP contribution in [0.15, 0.2) is 194 Å². The van der Waals surface area contributed by atoms with Crippen LogP contribution in [0.5, 0.6) is 0 Å². The smallest absolute Gasteiger partial charge is 0.0708 e. The first-order chi connectivity index (χ1) is 27.3. The third-order valence-corrected chi connectivity index (χ3v) is 11.8. The van der Waals surface area contributed by atoms with Gasteiger partial charge in [-0.25, -0.2) is 0 Å². The largest absolute Gasteiger partial charge is 0.309 e. The van der Waals surface area contributed by atoms with E-state index in [9.17, 15) is 0 Å². The number of pyridine rings is 1. The van der Waals surface area contributed by atoms with Crippen LogP contribution in [0.2, 0.25) is 0 Å². The highest BCUT2D eigenvalue weighted by molar-refractivity contribution is 6.30. The number of aromatic nitrogens is 2. The average molecular weight is 697 g/mol. The topological polar surface area (TPSA) is 17.8 Å². The lowest BCUT2D eigenvalue weighted by atomic mass is 9.83. The lowest BCUT2D eigenvalue weighted by Crippen LogP contribution is -1.94. The molecule has 2 nitrogen and oxygen atoms in total. The van der Waals surface area contributed by atoms with Crippen molar-refractivity contribution in [1.29, 1.82) is 0 Å². The van der Waals surface area contributed by atoms with E-state index in [4.69, 9.17) is 4.98 Å². The van der Waals surface area contributed by atoms with Crippen molar-refractivity contribution in [1.82, 2.24) is 9.55 Å². The summed E-state index contributed by atoms with van der Waals surface area (Å²) in [5, 5.41) is 15.2. The highest BCUT2D eigenvalue weighted by Gasteiger charge is 2.21. The number of fused-ring (bicyclic) bond motifs is 5. The maximum atomic E-state index is 4.74. The Kier molecular flexibility index (Phi) is 6.37. The SMILES string of the molecule is c1ccc(-n2c3ccccc3c3cc(-c4c5ccccc5c(-c5ccc6ccc7c(-c8ccccn8)ccc8ccc5c6c87)c5ccccc45)ccc32)cc1. The molecule has 0 bridgehead atoms. The summed E-state index contributed by atoms with van der Waals surface area (Å²) in [6.45, 7) is 0. The molecule has 2 aromatic heterocycles. The molecule has 12 aromatic rings. The summed E-state index contributed by atoms with van der Waals surface area (Å²) in [6, 6.07) is 69.1. The van der Waals surface area contributed by atoms with Crippen LogP contribution in [0.4, 0.5) is 0 Å². The number of nitrogens with zero attached hydrogens (tertiary/aromatic N) is 2. The molecule has 0 unspecified atom stereocenters. The van der Waals surface area contributed by atoms with Crippen molar-refractivity contribution in [3.8, 4) is 39.2 Å². The molecule has 0 N–H and O–H groups in total. The van der Waals surface area contributed by atoms with Crippen molar-refractivity contribution in [3.63, 3.8) is 0 Å². The molecule has 0 fully saturated rings. The van der Waals surface area contributed by atoms with Crippen molar-refractivity contribution in [2.24, 2.45) is 0 Å². The summed E-state index contributed by atoms with van der Waals surface area (Å²) < 4.78 is 2.39. The average Bonchev–Trinajstić information content (AvgIpc) is 3.59. The summed E-state index contributed by atoms with van der Waals surface area (Å²) >= 11 is 0. The van der Waals surface area contributed by atoms with Gasteiger partial charge >= 0.3 is 0 Å². The van der Waals surface area contributed by atoms with Gasteiger partial charge < -0.3 is 4.57 Å². The maximum Gasteiger partial charge on any atom is 0.0708 e. The molecular weight excluding hydrogens is 665 g/mol. The first kappa shape index (κ1) is 30.2. The van der Waals surface area contributed by atoms with Gasteiger partial charge in [-0.2, -0.15) is 0 Å². The van der Waals surface area contributed by atoms with E-state index in [2.05, 4.69) is 187 Å². The predicted octanol–water partition coefficient (Wildman–Crippen LogP) is 14.4. The molecule has 0 aliphatic rings. The lowest BCUT2D eigenvalue weighted by Gasteiger charge is -2.20. The van der Waals surface area contributed by atoms with E-state index >= 15 is 0 Å². The second-order valence-electron chi connectivity index (χ2n) is 14.6. The molecule has 0 aliphatic carbocycles.